The first-order chi connectivity index (χ1) is 8.19. The minimum absolute atomic E-state index is 0.117. The third-order valence-corrected chi connectivity index (χ3v) is 2.37. The molecule has 0 aliphatic heterocycles. The van der Waals surface area contributed by atoms with Crippen LogP contribution in [0.4, 0.5) is 16.1 Å². The monoisotopic (exact) mass is 275 g/mol. The molecule has 0 fully saturated rings. The Labute approximate surface area is 107 Å². The summed E-state index contributed by atoms with van der Waals surface area (Å²) in [6, 6.07) is 4.36. The zero-order chi connectivity index (χ0) is 12.3. The van der Waals surface area contributed by atoms with E-state index in [1.807, 2.05) is 0 Å². The standard InChI is InChI=1S/C10H8Cl2FN3O/c11-4-3-9-15-16-10(17-9)14-8-2-1-6(12)5-7(8)13/h1-2,5H,3-4H2,(H,14,16). The van der Waals surface area contributed by atoms with Gasteiger partial charge in [-0.15, -0.1) is 16.7 Å². The van der Waals surface area contributed by atoms with Crippen molar-refractivity contribution in [1.82, 2.24) is 10.2 Å². The lowest BCUT2D eigenvalue weighted by molar-refractivity contribution is 0.515. The lowest BCUT2D eigenvalue weighted by atomic mass is 10.3. The largest absolute Gasteiger partial charge is 0.408 e. The van der Waals surface area contributed by atoms with Crippen molar-refractivity contribution in [3.63, 3.8) is 0 Å². The van der Waals surface area contributed by atoms with E-state index in [4.69, 9.17) is 27.6 Å². The molecule has 0 aliphatic rings. The molecule has 1 aromatic carbocycles. The highest BCUT2D eigenvalue weighted by Crippen LogP contribution is 2.22. The van der Waals surface area contributed by atoms with Gasteiger partial charge >= 0.3 is 6.01 Å². The maximum atomic E-state index is 13.4. The van der Waals surface area contributed by atoms with Gasteiger partial charge in [0.05, 0.1) is 5.69 Å². The number of aromatic nitrogens is 2. The van der Waals surface area contributed by atoms with E-state index >= 15 is 0 Å². The van der Waals surface area contributed by atoms with Crippen molar-refractivity contribution < 1.29 is 8.81 Å². The van der Waals surface area contributed by atoms with Gasteiger partial charge in [0.25, 0.3) is 0 Å². The van der Waals surface area contributed by atoms with E-state index in [0.717, 1.165) is 0 Å². The van der Waals surface area contributed by atoms with E-state index in [-0.39, 0.29) is 11.7 Å². The molecule has 90 valence electrons. The first kappa shape index (κ1) is 12.1. The topological polar surface area (TPSA) is 51.0 Å². The van der Waals surface area contributed by atoms with E-state index in [1.54, 1.807) is 6.07 Å². The van der Waals surface area contributed by atoms with Crippen molar-refractivity contribution in [2.75, 3.05) is 11.2 Å². The third-order valence-electron chi connectivity index (χ3n) is 1.95. The van der Waals surface area contributed by atoms with E-state index in [2.05, 4.69) is 15.5 Å². The third kappa shape index (κ3) is 3.08. The quantitative estimate of drug-likeness (QED) is 0.869. The molecule has 0 radical (unpaired) electrons. The van der Waals surface area contributed by atoms with Gasteiger partial charge in [0.15, 0.2) is 0 Å². The van der Waals surface area contributed by atoms with Gasteiger partial charge in [0.2, 0.25) is 5.89 Å². The molecule has 0 bridgehead atoms. The number of aryl methyl sites for hydroxylation is 1. The van der Waals surface area contributed by atoms with Crippen LogP contribution in [-0.4, -0.2) is 16.1 Å². The number of hydrogen-bond donors (Lipinski definition) is 1. The van der Waals surface area contributed by atoms with Gasteiger partial charge in [-0.2, -0.15) is 0 Å². The zero-order valence-corrected chi connectivity index (χ0v) is 10.1. The van der Waals surface area contributed by atoms with Crippen LogP contribution in [0.2, 0.25) is 5.02 Å². The van der Waals surface area contributed by atoms with Gasteiger partial charge in [-0.1, -0.05) is 16.7 Å². The molecule has 0 atom stereocenters. The van der Waals surface area contributed by atoms with E-state index in [0.29, 0.717) is 23.2 Å². The van der Waals surface area contributed by atoms with E-state index in [9.17, 15) is 4.39 Å². The highest BCUT2D eigenvalue weighted by atomic mass is 35.5. The summed E-state index contributed by atoms with van der Waals surface area (Å²) in [7, 11) is 0. The molecule has 0 unspecified atom stereocenters. The van der Waals surface area contributed by atoms with Crippen LogP contribution in [0.5, 0.6) is 0 Å². The number of benzene rings is 1. The Bertz CT molecular complexity index is 518. The van der Waals surface area contributed by atoms with E-state index in [1.165, 1.54) is 12.1 Å². The summed E-state index contributed by atoms with van der Waals surface area (Å²) in [6.45, 7) is 0. The Hall–Kier alpha value is -1.33. The molecule has 1 aromatic heterocycles. The Morgan fingerprint density at radius 3 is 2.88 bits per heavy atom. The zero-order valence-electron chi connectivity index (χ0n) is 8.58. The van der Waals surface area contributed by atoms with Crippen LogP contribution in [-0.2, 0) is 6.42 Å². The van der Waals surface area contributed by atoms with Crippen LogP contribution < -0.4 is 5.32 Å². The molecule has 0 saturated carbocycles. The summed E-state index contributed by atoms with van der Waals surface area (Å²) in [4.78, 5) is 0. The average molecular weight is 276 g/mol. The molecule has 0 spiro atoms. The molecule has 4 nitrogen and oxygen atoms in total. The predicted octanol–water partition coefficient (Wildman–Crippen LogP) is 3.39. The second-order valence-corrected chi connectivity index (χ2v) is 4.00. The van der Waals surface area contributed by atoms with Crippen LogP contribution >= 0.6 is 23.2 Å². The first-order valence-electron chi connectivity index (χ1n) is 4.79. The summed E-state index contributed by atoms with van der Waals surface area (Å²) in [5, 5.41) is 10.4. The van der Waals surface area contributed by atoms with E-state index < -0.39 is 5.82 Å². The fourth-order valence-corrected chi connectivity index (χ4v) is 1.51. The molecule has 17 heavy (non-hydrogen) atoms. The maximum absolute atomic E-state index is 13.4. The highest BCUT2D eigenvalue weighted by Gasteiger charge is 2.08. The lowest BCUT2D eigenvalue weighted by Gasteiger charge is -2.02. The highest BCUT2D eigenvalue weighted by molar-refractivity contribution is 6.30. The normalized spacial score (nSPS) is 10.5. The molecule has 0 saturated heterocycles. The molecule has 7 heteroatoms. The second-order valence-electron chi connectivity index (χ2n) is 3.19. The fourth-order valence-electron chi connectivity index (χ4n) is 1.19. The number of hydrogen-bond acceptors (Lipinski definition) is 4. The van der Waals surface area contributed by atoms with Gasteiger partial charge in [-0.3, -0.25) is 0 Å². The van der Waals surface area contributed by atoms with Crippen LogP contribution in [0, 0.1) is 5.82 Å². The summed E-state index contributed by atoms with van der Waals surface area (Å²) < 4.78 is 18.6. The molecule has 0 amide bonds. The van der Waals surface area contributed by atoms with Crippen molar-refractivity contribution in [3.8, 4) is 0 Å². The fraction of sp³-hybridized carbons (Fsp3) is 0.200. The minimum atomic E-state index is -0.491. The second kappa shape index (κ2) is 5.33. The van der Waals surface area contributed by atoms with Gasteiger partial charge < -0.3 is 9.73 Å². The smallest absolute Gasteiger partial charge is 0.320 e. The molecule has 1 heterocycles. The molecule has 0 aliphatic carbocycles. The predicted molar refractivity (Wildman–Crippen MR) is 63.4 cm³/mol. The number of rotatable bonds is 4. The van der Waals surface area contributed by atoms with Crippen molar-refractivity contribution in [2.45, 2.75) is 6.42 Å². The average Bonchev–Trinajstić information content (AvgIpc) is 2.71. The van der Waals surface area contributed by atoms with Gasteiger partial charge in [-0.05, 0) is 18.2 Å². The number of nitrogens with one attached hydrogen (secondary N) is 1. The summed E-state index contributed by atoms with van der Waals surface area (Å²) in [5.41, 5.74) is 0.218. The van der Waals surface area contributed by atoms with Crippen molar-refractivity contribution in [2.24, 2.45) is 0 Å². The van der Waals surface area contributed by atoms with Gasteiger partial charge in [-0.25, -0.2) is 4.39 Å². The number of anilines is 2. The lowest BCUT2D eigenvalue weighted by Crippen LogP contribution is -1.93. The van der Waals surface area contributed by atoms with Crippen LogP contribution in [0.25, 0.3) is 0 Å². The van der Waals surface area contributed by atoms with Gasteiger partial charge in [0, 0.05) is 17.3 Å². The van der Waals surface area contributed by atoms with Gasteiger partial charge in [0.1, 0.15) is 5.82 Å². The number of alkyl halides is 1. The molecular formula is C10H8Cl2FN3O. The van der Waals surface area contributed by atoms with Crippen molar-refractivity contribution >= 4 is 34.9 Å². The maximum Gasteiger partial charge on any atom is 0.320 e. The SMILES string of the molecule is Fc1cc(Cl)ccc1Nc1nnc(CCCl)o1. The Balaban J connectivity index is 2.13. The number of halogens is 3. The van der Waals surface area contributed by atoms with Crippen molar-refractivity contribution in [3.05, 3.63) is 34.9 Å². The molecule has 2 aromatic rings. The molecule has 2 rings (SSSR count). The first-order valence-corrected chi connectivity index (χ1v) is 5.70. The minimum Gasteiger partial charge on any atom is -0.408 e. The summed E-state index contributed by atoms with van der Waals surface area (Å²) in [6.07, 6.45) is 0.472. The molecular weight excluding hydrogens is 268 g/mol. The Morgan fingerprint density at radius 2 is 2.18 bits per heavy atom. The number of nitrogens with zero attached hydrogens (tertiary/aromatic N) is 2. The van der Waals surface area contributed by atoms with Crippen LogP contribution in [0.1, 0.15) is 5.89 Å². The Morgan fingerprint density at radius 1 is 1.35 bits per heavy atom. The summed E-state index contributed by atoms with van der Waals surface area (Å²) >= 11 is 11.2. The van der Waals surface area contributed by atoms with Crippen molar-refractivity contribution in [1.29, 1.82) is 0 Å². The Kier molecular flexibility index (Phi) is 3.81. The summed E-state index contributed by atoms with van der Waals surface area (Å²) in [5.74, 6) is 0.295. The van der Waals surface area contributed by atoms with Crippen LogP contribution in [0.3, 0.4) is 0 Å². The molecule has 1 N–H and O–H groups in total. The van der Waals surface area contributed by atoms with Crippen LogP contribution in [0.15, 0.2) is 22.6 Å².